The van der Waals surface area contributed by atoms with E-state index < -0.39 is 0 Å². The third-order valence-electron chi connectivity index (χ3n) is 2.63. The first kappa shape index (κ1) is 16.3. The largest absolute Gasteiger partial charge is 0.261 e. The lowest BCUT2D eigenvalue weighted by Crippen LogP contribution is -2.10. The Morgan fingerprint density at radius 3 is 1.46 bits per heavy atom. The minimum absolute atomic E-state index is 0. The number of rotatable bonds is 8. The van der Waals surface area contributed by atoms with Crippen LogP contribution in [-0.4, -0.2) is 14.1 Å². The van der Waals surface area contributed by atoms with Crippen LogP contribution in [-0.2, 0) is 0 Å². The first-order valence-electron chi connectivity index (χ1n) is 5.85. The van der Waals surface area contributed by atoms with Gasteiger partial charge in [-0.2, -0.15) is 0 Å². The van der Waals surface area contributed by atoms with E-state index in [9.17, 15) is 0 Å². The summed E-state index contributed by atoms with van der Waals surface area (Å²) in [7, 11) is 0. The van der Waals surface area contributed by atoms with Crippen molar-refractivity contribution in [2.75, 3.05) is 0 Å². The van der Waals surface area contributed by atoms with Crippen LogP contribution in [0.3, 0.4) is 0 Å². The van der Waals surface area contributed by atoms with Gasteiger partial charge in [-0.25, -0.2) is 0 Å². The highest BCUT2D eigenvalue weighted by atomic mass is 35.5. The zero-order valence-corrected chi connectivity index (χ0v) is 11.6. The smallest absolute Gasteiger partial charge is 0.147 e. The molecule has 0 amide bonds. The van der Waals surface area contributed by atoms with Crippen LogP contribution in [0.4, 0.5) is 0 Å². The van der Waals surface area contributed by atoms with E-state index in [1.807, 2.05) is 0 Å². The fraction of sp³-hybridized carbons (Fsp3) is 1.00. The molecular formula is C11H26AlCl. The lowest BCUT2D eigenvalue weighted by atomic mass is 10.4. The topological polar surface area (TPSA) is 0 Å². The number of hydrogen-bond donors (Lipinski definition) is 0. The van der Waals surface area contributed by atoms with E-state index in [-0.39, 0.29) is 26.6 Å². The zero-order chi connectivity index (χ0) is 9.23. The fourth-order valence-electron chi connectivity index (χ4n) is 1.83. The Kier molecular flexibility index (Phi) is 16.0. The molecular weight excluding hydrogens is 195 g/mol. The van der Waals surface area contributed by atoms with Crippen LogP contribution in [0, 0.1) is 0 Å². The van der Waals surface area contributed by atoms with Crippen molar-refractivity contribution in [2.24, 2.45) is 0 Å². The number of unbranched alkanes of at least 4 members (excludes halogenated alkanes) is 2. The quantitative estimate of drug-likeness (QED) is 0.510. The standard InChI is InChI=1S/2C4H9.C3H7.Al.ClH/c2*1-3-4-2;1-3-2;;/h2*1,3-4H2,2H3;1,3H2,2H3;;1H. The van der Waals surface area contributed by atoms with Crippen molar-refractivity contribution in [3.8, 4) is 0 Å². The van der Waals surface area contributed by atoms with Gasteiger partial charge in [0.1, 0.15) is 0 Å². The molecule has 0 N–H and O–H groups in total. The number of halogens is 1. The van der Waals surface area contributed by atoms with Crippen LogP contribution in [0.25, 0.3) is 0 Å². The summed E-state index contributed by atoms with van der Waals surface area (Å²) in [5, 5.41) is 4.83. The van der Waals surface area contributed by atoms with Crippen LogP contribution in [0.1, 0.15) is 52.9 Å². The Labute approximate surface area is 95.3 Å². The van der Waals surface area contributed by atoms with Crippen LogP contribution in [0.15, 0.2) is 0 Å². The lowest BCUT2D eigenvalue weighted by molar-refractivity contribution is 0.830. The van der Waals surface area contributed by atoms with Crippen molar-refractivity contribution in [1.29, 1.82) is 0 Å². The van der Waals surface area contributed by atoms with Gasteiger partial charge in [-0.1, -0.05) is 68.7 Å². The van der Waals surface area contributed by atoms with Gasteiger partial charge < -0.3 is 0 Å². The van der Waals surface area contributed by atoms with E-state index in [0.717, 1.165) is 0 Å². The van der Waals surface area contributed by atoms with Gasteiger partial charge in [-0.05, 0) is 0 Å². The summed E-state index contributed by atoms with van der Waals surface area (Å²) in [6.45, 7) is 6.98. The van der Waals surface area contributed by atoms with Gasteiger partial charge in [0.25, 0.3) is 14.1 Å². The molecule has 80 valence electrons. The van der Waals surface area contributed by atoms with Crippen molar-refractivity contribution in [3.05, 3.63) is 0 Å². The van der Waals surface area contributed by atoms with Gasteiger partial charge in [0, 0.05) is 0 Å². The second-order valence-electron chi connectivity index (χ2n) is 3.94. The maximum absolute atomic E-state index is 2.35. The molecule has 0 saturated carbocycles. The minimum atomic E-state index is -0.269. The highest BCUT2D eigenvalue weighted by molar-refractivity contribution is 6.58. The van der Waals surface area contributed by atoms with Crippen LogP contribution in [0.2, 0.25) is 15.8 Å². The van der Waals surface area contributed by atoms with E-state index in [2.05, 4.69) is 20.8 Å². The molecule has 0 unspecified atom stereocenters. The van der Waals surface area contributed by atoms with E-state index >= 15 is 0 Å². The van der Waals surface area contributed by atoms with Gasteiger partial charge in [-0.15, -0.1) is 12.4 Å². The molecule has 0 bridgehead atoms. The van der Waals surface area contributed by atoms with Crippen molar-refractivity contribution in [1.82, 2.24) is 0 Å². The van der Waals surface area contributed by atoms with Crippen molar-refractivity contribution in [2.45, 2.75) is 68.7 Å². The highest BCUT2D eigenvalue weighted by Crippen LogP contribution is 2.14. The molecule has 0 heterocycles. The second kappa shape index (κ2) is 12.8. The van der Waals surface area contributed by atoms with Crippen LogP contribution in [0.5, 0.6) is 0 Å². The summed E-state index contributed by atoms with van der Waals surface area (Å²) in [5.41, 5.74) is 0. The molecule has 0 fully saturated rings. The molecule has 0 aromatic rings. The van der Waals surface area contributed by atoms with Gasteiger partial charge >= 0.3 is 0 Å². The van der Waals surface area contributed by atoms with E-state index in [0.29, 0.717) is 0 Å². The monoisotopic (exact) mass is 220 g/mol. The molecule has 0 aromatic carbocycles. The Hall–Kier alpha value is 0.822. The Balaban J connectivity index is 0. The summed E-state index contributed by atoms with van der Waals surface area (Å²) in [4.78, 5) is 0. The molecule has 13 heavy (non-hydrogen) atoms. The maximum Gasteiger partial charge on any atom is 0.261 e. The molecule has 0 aliphatic rings. The normalized spacial score (nSPS) is 9.46. The Morgan fingerprint density at radius 1 is 0.692 bits per heavy atom. The van der Waals surface area contributed by atoms with Crippen LogP contribution < -0.4 is 0 Å². The summed E-state index contributed by atoms with van der Waals surface area (Å²) in [6.07, 6.45) is 7.24. The summed E-state index contributed by atoms with van der Waals surface area (Å²) in [5.74, 6) is 0. The molecule has 0 saturated heterocycles. The second-order valence-corrected chi connectivity index (χ2v) is 7.40. The molecule has 0 aromatic heterocycles. The molecule has 0 radical (unpaired) electrons. The molecule has 0 nitrogen and oxygen atoms in total. The number of hydrogen-bond acceptors (Lipinski definition) is 0. The lowest BCUT2D eigenvalue weighted by Gasteiger charge is -2.08. The average Bonchev–Trinajstić information content (AvgIpc) is 2.10. The van der Waals surface area contributed by atoms with E-state index in [4.69, 9.17) is 0 Å². The van der Waals surface area contributed by atoms with Gasteiger partial charge in [0.05, 0.1) is 0 Å². The Morgan fingerprint density at radius 2 is 1.15 bits per heavy atom. The Bertz CT molecular complexity index is 78.2. The van der Waals surface area contributed by atoms with Crippen LogP contribution >= 0.6 is 12.4 Å². The first-order valence-corrected chi connectivity index (χ1v) is 8.30. The molecule has 2 heteroatoms. The molecule has 0 atom stereocenters. The van der Waals surface area contributed by atoms with Crippen molar-refractivity contribution in [3.63, 3.8) is 0 Å². The summed E-state index contributed by atoms with van der Waals surface area (Å²) >= 11 is -0.269. The van der Waals surface area contributed by atoms with Crippen molar-refractivity contribution >= 4 is 26.6 Å². The maximum atomic E-state index is 2.35. The first-order chi connectivity index (χ1) is 5.85. The molecule has 0 aliphatic heterocycles. The van der Waals surface area contributed by atoms with Gasteiger partial charge in [0.2, 0.25) is 0 Å². The predicted molar refractivity (Wildman–Crippen MR) is 67.5 cm³/mol. The highest BCUT2D eigenvalue weighted by Gasteiger charge is 2.13. The van der Waals surface area contributed by atoms with E-state index in [1.165, 1.54) is 32.1 Å². The summed E-state index contributed by atoms with van der Waals surface area (Å²) < 4.78 is 0. The molecule has 0 spiro atoms. The van der Waals surface area contributed by atoms with E-state index in [1.54, 1.807) is 15.8 Å². The minimum Gasteiger partial charge on any atom is -0.147 e. The van der Waals surface area contributed by atoms with Gasteiger partial charge in [-0.3, -0.25) is 0 Å². The SMILES string of the molecule is CCC[CH2][Al]([CH2]CC)[CH2]CCC.Cl. The zero-order valence-electron chi connectivity index (χ0n) is 9.64. The summed E-state index contributed by atoms with van der Waals surface area (Å²) in [6, 6.07) is 0. The van der Waals surface area contributed by atoms with Gasteiger partial charge in [0.15, 0.2) is 0 Å². The molecule has 0 aliphatic carbocycles. The predicted octanol–water partition coefficient (Wildman–Crippen LogP) is 4.91. The third kappa shape index (κ3) is 10.7. The van der Waals surface area contributed by atoms with Crippen molar-refractivity contribution < 1.29 is 0 Å². The fourth-order valence-corrected chi connectivity index (χ4v) is 5.48. The average molecular weight is 221 g/mol. The molecule has 0 rings (SSSR count). The third-order valence-corrected chi connectivity index (χ3v) is 6.47.